The third-order valence-electron chi connectivity index (χ3n) is 9.65. The Labute approximate surface area is 245 Å². The number of ether oxygens (including phenoxy) is 1. The second kappa shape index (κ2) is 10.7. The minimum Gasteiger partial charge on any atom is -0.462 e. The van der Waals surface area contributed by atoms with Gasteiger partial charge in [0.2, 0.25) is 0 Å². The second-order valence-corrected chi connectivity index (χ2v) is 12.2. The molecule has 0 radical (unpaired) electrons. The fourth-order valence-electron chi connectivity index (χ4n) is 7.24. The van der Waals surface area contributed by atoms with Gasteiger partial charge in [-0.15, -0.1) is 0 Å². The average molecular weight is 567 g/mol. The lowest BCUT2D eigenvalue weighted by atomic mass is 9.94. The van der Waals surface area contributed by atoms with Crippen LogP contribution in [0, 0.1) is 17.2 Å². The van der Waals surface area contributed by atoms with Gasteiger partial charge in [0.25, 0.3) is 5.91 Å². The lowest BCUT2D eigenvalue weighted by Crippen LogP contribution is -2.55. The van der Waals surface area contributed by atoms with Crippen molar-refractivity contribution in [3.8, 4) is 23.2 Å². The highest BCUT2D eigenvalue weighted by molar-refractivity contribution is 5.94. The number of anilines is 1. The maximum atomic E-state index is 13.8. The van der Waals surface area contributed by atoms with Crippen molar-refractivity contribution in [2.45, 2.75) is 50.1 Å². The van der Waals surface area contributed by atoms with E-state index in [1.807, 2.05) is 0 Å². The highest BCUT2D eigenvalue weighted by Crippen LogP contribution is 2.57. The third-order valence-corrected chi connectivity index (χ3v) is 9.65. The monoisotopic (exact) mass is 566 g/mol. The van der Waals surface area contributed by atoms with Gasteiger partial charge in [0.15, 0.2) is 5.83 Å². The molecule has 3 aromatic rings. The molecule has 1 amide bonds. The SMILES string of the molecule is C=C(F)C(=O)N1CCN(c2nc(OC[C@@H]3CCCN3C)nc3cc(-c4cccc5c4CC4CC54)ccc23)C[C@@H]1CC#N. The van der Waals surface area contributed by atoms with E-state index in [9.17, 15) is 14.4 Å². The predicted octanol–water partition coefficient (Wildman–Crippen LogP) is 4.84. The van der Waals surface area contributed by atoms with Gasteiger partial charge < -0.3 is 19.4 Å². The van der Waals surface area contributed by atoms with Gasteiger partial charge in [0.05, 0.1) is 24.0 Å². The first-order valence-electron chi connectivity index (χ1n) is 15.0. The summed E-state index contributed by atoms with van der Waals surface area (Å²) in [6.07, 6.45) is 4.76. The Balaban J connectivity index is 1.25. The number of likely N-dealkylation sites (tertiary alicyclic amines) is 1. The predicted molar refractivity (Wildman–Crippen MR) is 159 cm³/mol. The molecule has 1 aromatic heterocycles. The minimum absolute atomic E-state index is 0.0845. The van der Waals surface area contributed by atoms with Crippen LogP contribution in [0.15, 0.2) is 48.8 Å². The van der Waals surface area contributed by atoms with Crippen LogP contribution in [0.2, 0.25) is 0 Å². The molecule has 4 atom stereocenters. The van der Waals surface area contributed by atoms with E-state index >= 15 is 0 Å². The normalized spacial score (nSPS) is 24.8. The molecule has 7 rings (SSSR count). The fraction of sp³-hybridized carbons (Fsp3) is 0.455. The number of nitrogens with zero attached hydrogens (tertiary/aromatic N) is 6. The molecule has 0 spiro atoms. The number of hydrogen-bond donors (Lipinski definition) is 0. The van der Waals surface area contributed by atoms with Gasteiger partial charge in [0.1, 0.15) is 12.4 Å². The van der Waals surface area contributed by atoms with E-state index in [4.69, 9.17) is 14.7 Å². The number of piperazine rings is 1. The summed E-state index contributed by atoms with van der Waals surface area (Å²) in [6, 6.07) is 15.3. The highest BCUT2D eigenvalue weighted by atomic mass is 19.1. The smallest absolute Gasteiger partial charge is 0.319 e. The van der Waals surface area contributed by atoms with Crippen LogP contribution in [-0.2, 0) is 11.2 Å². The molecule has 3 heterocycles. The van der Waals surface area contributed by atoms with Crippen molar-refractivity contribution in [3.63, 3.8) is 0 Å². The number of amides is 1. The molecule has 2 saturated heterocycles. The zero-order chi connectivity index (χ0) is 29.0. The Morgan fingerprint density at radius 1 is 1.19 bits per heavy atom. The van der Waals surface area contributed by atoms with E-state index in [0.717, 1.165) is 54.1 Å². The molecule has 8 nitrogen and oxygen atoms in total. The Morgan fingerprint density at radius 3 is 2.86 bits per heavy atom. The average Bonchev–Trinajstić information content (AvgIpc) is 3.49. The number of fused-ring (bicyclic) bond motifs is 4. The molecule has 0 N–H and O–H groups in total. The molecule has 4 aliphatic rings. The van der Waals surface area contributed by atoms with Gasteiger partial charge >= 0.3 is 6.01 Å². The molecule has 216 valence electrons. The number of nitriles is 1. The topological polar surface area (TPSA) is 85.6 Å². The summed E-state index contributed by atoms with van der Waals surface area (Å²) in [5.41, 5.74) is 6.15. The number of carbonyl (C=O) groups excluding carboxylic acids is 1. The fourth-order valence-corrected chi connectivity index (χ4v) is 7.24. The van der Waals surface area contributed by atoms with Crippen LogP contribution in [0.3, 0.4) is 0 Å². The highest BCUT2D eigenvalue weighted by Gasteiger charge is 2.45. The summed E-state index contributed by atoms with van der Waals surface area (Å²) < 4.78 is 20.0. The molecule has 2 aliphatic carbocycles. The lowest BCUT2D eigenvalue weighted by molar-refractivity contribution is -0.131. The first-order valence-corrected chi connectivity index (χ1v) is 15.0. The van der Waals surface area contributed by atoms with Gasteiger partial charge in [-0.3, -0.25) is 4.79 Å². The van der Waals surface area contributed by atoms with Crippen molar-refractivity contribution in [2.24, 2.45) is 5.92 Å². The Morgan fingerprint density at radius 2 is 2.07 bits per heavy atom. The standard InChI is InChI=1S/C33H35FN6O2/c1-20(34)32(41)40-14-13-39(18-23(40)10-11-35)31-27-9-8-21(25-6-3-7-26-28-15-22(28)16-29(25)26)17-30(27)36-33(37-31)42-19-24-5-4-12-38(24)2/h3,6-9,17,22-24,28H,1,4-5,10,12-16,18-19H2,2H3/t22?,23-,24-,28?/m0/s1. The number of carbonyl (C=O) groups is 1. The van der Waals surface area contributed by atoms with Gasteiger partial charge in [-0.1, -0.05) is 30.8 Å². The molecule has 3 fully saturated rings. The van der Waals surface area contributed by atoms with Gasteiger partial charge in [-0.05, 0) is 85.5 Å². The van der Waals surface area contributed by atoms with E-state index in [2.05, 4.69) is 65.9 Å². The van der Waals surface area contributed by atoms with Crippen molar-refractivity contribution < 1.29 is 13.9 Å². The molecular weight excluding hydrogens is 531 g/mol. The molecule has 2 aromatic carbocycles. The van der Waals surface area contributed by atoms with Crippen molar-refractivity contribution in [1.82, 2.24) is 19.8 Å². The van der Waals surface area contributed by atoms with E-state index in [1.54, 1.807) is 0 Å². The number of halogens is 1. The van der Waals surface area contributed by atoms with Gasteiger partial charge in [-0.25, -0.2) is 4.39 Å². The van der Waals surface area contributed by atoms with Crippen LogP contribution in [0.1, 0.15) is 42.7 Å². The maximum absolute atomic E-state index is 13.8. The van der Waals surface area contributed by atoms with Crippen molar-refractivity contribution in [1.29, 1.82) is 5.26 Å². The summed E-state index contributed by atoms with van der Waals surface area (Å²) in [5.74, 6) is 0.457. The summed E-state index contributed by atoms with van der Waals surface area (Å²) in [4.78, 5) is 28.0. The van der Waals surface area contributed by atoms with Gasteiger partial charge in [-0.2, -0.15) is 15.2 Å². The molecule has 42 heavy (non-hydrogen) atoms. The van der Waals surface area contributed by atoms with Crippen LogP contribution in [0.5, 0.6) is 6.01 Å². The number of hydrogen-bond acceptors (Lipinski definition) is 7. The zero-order valence-corrected chi connectivity index (χ0v) is 23.9. The van der Waals surface area contributed by atoms with Crippen LogP contribution in [-0.4, -0.2) is 77.6 Å². The van der Waals surface area contributed by atoms with Crippen molar-refractivity contribution in [2.75, 3.05) is 44.7 Å². The van der Waals surface area contributed by atoms with E-state index in [0.29, 0.717) is 37.6 Å². The maximum Gasteiger partial charge on any atom is 0.319 e. The summed E-state index contributed by atoms with van der Waals surface area (Å²) in [5, 5.41) is 10.4. The Hall–Kier alpha value is -4.03. The molecule has 0 bridgehead atoms. The Kier molecular flexibility index (Phi) is 6.82. The second-order valence-electron chi connectivity index (χ2n) is 12.2. The molecular formula is C33H35FN6O2. The number of rotatable bonds is 7. The van der Waals surface area contributed by atoms with Crippen molar-refractivity contribution >= 4 is 22.6 Å². The molecule has 2 aliphatic heterocycles. The molecule has 9 heteroatoms. The minimum atomic E-state index is -1.01. The third kappa shape index (κ3) is 4.78. The first-order chi connectivity index (χ1) is 20.4. The van der Waals surface area contributed by atoms with E-state index in [-0.39, 0.29) is 13.0 Å². The first kappa shape index (κ1) is 26.8. The van der Waals surface area contributed by atoms with E-state index in [1.165, 1.54) is 28.0 Å². The molecule has 2 unspecified atom stereocenters. The number of aromatic nitrogens is 2. The Bertz CT molecular complexity index is 1620. The summed E-state index contributed by atoms with van der Waals surface area (Å²) in [6.45, 7) is 5.79. The summed E-state index contributed by atoms with van der Waals surface area (Å²) >= 11 is 0. The van der Waals surface area contributed by atoms with E-state index < -0.39 is 17.8 Å². The largest absolute Gasteiger partial charge is 0.462 e. The van der Waals surface area contributed by atoms with Crippen LogP contribution in [0.4, 0.5) is 10.2 Å². The number of likely N-dealkylation sites (N-methyl/N-ethyl adjacent to an activating group) is 1. The van der Waals surface area contributed by atoms with Crippen LogP contribution in [0.25, 0.3) is 22.0 Å². The van der Waals surface area contributed by atoms with Gasteiger partial charge in [0, 0.05) is 31.1 Å². The molecule has 1 saturated carbocycles. The van der Waals surface area contributed by atoms with Crippen LogP contribution >= 0.6 is 0 Å². The summed E-state index contributed by atoms with van der Waals surface area (Å²) in [7, 11) is 2.12. The lowest BCUT2D eigenvalue weighted by Gasteiger charge is -2.41. The quantitative estimate of drug-likeness (QED) is 0.378. The zero-order valence-electron chi connectivity index (χ0n) is 23.9. The number of benzene rings is 2. The van der Waals surface area contributed by atoms with Crippen LogP contribution < -0.4 is 9.64 Å². The van der Waals surface area contributed by atoms with Crippen molar-refractivity contribution in [3.05, 3.63) is 59.9 Å².